The first-order valence-electron chi connectivity index (χ1n) is 4.88. The Morgan fingerprint density at radius 2 is 2.54 bits per heavy atom. The maximum atomic E-state index is 5.50. The van der Waals surface area contributed by atoms with Gasteiger partial charge in [-0.15, -0.1) is 0 Å². The van der Waals surface area contributed by atoms with Gasteiger partial charge in [0.1, 0.15) is 5.82 Å². The van der Waals surface area contributed by atoms with E-state index < -0.39 is 0 Å². The number of nitrogens with two attached hydrogens (primary N) is 1. The van der Waals surface area contributed by atoms with Crippen LogP contribution in [0.1, 0.15) is 25.0 Å². The molecule has 4 nitrogen and oxygen atoms in total. The van der Waals surface area contributed by atoms with Gasteiger partial charge in [0.15, 0.2) is 0 Å². The van der Waals surface area contributed by atoms with E-state index in [1.807, 2.05) is 6.07 Å². The largest absolute Gasteiger partial charge is 0.382 e. The van der Waals surface area contributed by atoms with Crippen molar-refractivity contribution in [3.63, 3.8) is 0 Å². The minimum absolute atomic E-state index is 0.592. The molecule has 0 aliphatic carbocycles. The number of nitrogens with one attached hydrogen (secondary N) is 2. The molecular weight excluding hydrogens is 164 g/mol. The summed E-state index contributed by atoms with van der Waals surface area (Å²) in [5, 5.41) is 10.3. The van der Waals surface area contributed by atoms with Crippen molar-refractivity contribution in [1.82, 2.24) is 15.5 Å². The number of nitrogens with zero attached hydrogens (tertiary/aromatic N) is 1. The fraction of sp³-hybridized carbons (Fsp3) is 0.667. The summed E-state index contributed by atoms with van der Waals surface area (Å²) in [6.45, 7) is 1.18. The Morgan fingerprint density at radius 1 is 1.62 bits per heavy atom. The first-order chi connectivity index (χ1) is 6.34. The SMILES string of the molecule is Nc1cc(CCC2CCCN2)[nH]n1. The molecule has 1 saturated heterocycles. The Bertz CT molecular complexity index is 262. The van der Waals surface area contributed by atoms with Gasteiger partial charge < -0.3 is 11.1 Å². The highest BCUT2D eigenvalue weighted by Gasteiger charge is 2.13. The Kier molecular flexibility index (Phi) is 2.49. The van der Waals surface area contributed by atoms with Gasteiger partial charge in [0.2, 0.25) is 0 Å². The van der Waals surface area contributed by atoms with Gasteiger partial charge in [-0.1, -0.05) is 0 Å². The number of aromatic amines is 1. The van der Waals surface area contributed by atoms with E-state index in [1.54, 1.807) is 0 Å². The van der Waals surface area contributed by atoms with E-state index in [0.29, 0.717) is 11.9 Å². The van der Waals surface area contributed by atoms with E-state index in [0.717, 1.165) is 12.1 Å². The molecule has 1 aliphatic rings. The van der Waals surface area contributed by atoms with Crippen molar-refractivity contribution in [3.8, 4) is 0 Å². The summed E-state index contributed by atoms with van der Waals surface area (Å²) in [4.78, 5) is 0. The predicted molar refractivity (Wildman–Crippen MR) is 52.3 cm³/mol. The molecule has 0 bridgehead atoms. The van der Waals surface area contributed by atoms with Crippen LogP contribution in [-0.4, -0.2) is 22.8 Å². The van der Waals surface area contributed by atoms with Crippen molar-refractivity contribution in [3.05, 3.63) is 11.8 Å². The molecule has 4 N–H and O–H groups in total. The van der Waals surface area contributed by atoms with Crippen LogP contribution in [0.3, 0.4) is 0 Å². The quantitative estimate of drug-likeness (QED) is 0.640. The molecule has 1 aromatic rings. The van der Waals surface area contributed by atoms with Crippen LogP contribution in [0.25, 0.3) is 0 Å². The van der Waals surface area contributed by atoms with Gasteiger partial charge in [-0.25, -0.2) is 0 Å². The highest BCUT2D eigenvalue weighted by Crippen LogP contribution is 2.12. The molecule has 0 saturated carbocycles. The number of H-pyrrole nitrogens is 1. The lowest BCUT2D eigenvalue weighted by Gasteiger charge is -2.07. The summed E-state index contributed by atoms with van der Waals surface area (Å²) >= 11 is 0. The topological polar surface area (TPSA) is 66.7 Å². The second-order valence-corrected chi connectivity index (χ2v) is 3.65. The minimum atomic E-state index is 0.592. The first kappa shape index (κ1) is 8.56. The van der Waals surface area contributed by atoms with Gasteiger partial charge in [0, 0.05) is 17.8 Å². The van der Waals surface area contributed by atoms with Gasteiger partial charge in [-0.05, 0) is 32.2 Å². The molecular formula is C9H16N4. The van der Waals surface area contributed by atoms with E-state index in [9.17, 15) is 0 Å². The van der Waals surface area contributed by atoms with Gasteiger partial charge >= 0.3 is 0 Å². The van der Waals surface area contributed by atoms with Crippen LogP contribution in [0, 0.1) is 0 Å². The zero-order valence-electron chi connectivity index (χ0n) is 7.71. The van der Waals surface area contributed by atoms with Gasteiger partial charge in [-0.2, -0.15) is 5.10 Å². The molecule has 0 radical (unpaired) electrons. The molecule has 0 aromatic carbocycles. The fourth-order valence-corrected chi connectivity index (χ4v) is 1.84. The minimum Gasteiger partial charge on any atom is -0.382 e. The van der Waals surface area contributed by atoms with Crippen LogP contribution in [-0.2, 0) is 6.42 Å². The molecule has 1 atom stereocenters. The van der Waals surface area contributed by atoms with Crippen LogP contribution < -0.4 is 11.1 Å². The Labute approximate surface area is 77.9 Å². The number of rotatable bonds is 3. The van der Waals surface area contributed by atoms with Crippen LogP contribution in [0.15, 0.2) is 6.07 Å². The standard InChI is InChI=1S/C9H16N4/c10-9-6-8(12-13-9)4-3-7-2-1-5-11-7/h6-7,11H,1-5H2,(H3,10,12,13). The summed E-state index contributed by atoms with van der Waals surface area (Å²) in [5.74, 6) is 0.592. The Balaban J connectivity index is 1.78. The highest BCUT2D eigenvalue weighted by molar-refractivity contribution is 5.28. The normalized spacial score (nSPS) is 22.3. The van der Waals surface area contributed by atoms with Crippen molar-refractivity contribution >= 4 is 5.82 Å². The summed E-state index contributed by atoms with van der Waals surface area (Å²) in [6.07, 6.45) is 4.85. The lowest BCUT2D eigenvalue weighted by molar-refractivity contribution is 0.555. The lowest BCUT2D eigenvalue weighted by Crippen LogP contribution is -2.21. The molecule has 2 heterocycles. The average Bonchev–Trinajstić information content (AvgIpc) is 2.71. The van der Waals surface area contributed by atoms with Gasteiger partial charge in [-0.3, -0.25) is 5.10 Å². The van der Waals surface area contributed by atoms with Crippen LogP contribution in [0.5, 0.6) is 0 Å². The summed E-state index contributed by atoms with van der Waals surface area (Å²) in [6, 6.07) is 2.61. The van der Waals surface area contributed by atoms with Crippen molar-refractivity contribution in [2.45, 2.75) is 31.7 Å². The highest BCUT2D eigenvalue weighted by atomic mass is 15.2. The summed E-state index contributed by atoms with van der Waals surface area (Å²) in [7, 11) is 0. The van der Waals surface area contributed by atoms with E-state index in [-0.39, 0.29) is 0 Å². The third-order valence-corrected chi connectivity index (χ3v) is 2.58. The van der Waals surface area contributed by atoms with E-state index in [1.165, 1.54) is 25.8 Å². The van der Waals surface area contributed by atoms with Crippen molar-refractivity contribution < 1.29 is 0 Å². The second-order valence-electron chi connectivity index (χ2n) is 3.65. The summed E-state index contributed by atoms with van der Waals surface area (Å²) in [5.41, 5.74) is 6.65. The van der Waals surface area contributed by atoms with E-state index >= 15 is 0 Å². The maximum Gasteiger partial charge on any atom is 0.145 e. The molecule has 1 unspecified atom stereocenters. The third-order valence-electron chi connectivity index (χ3n) is 2.58. The molecule has 13 heavy (non-hydrogen) atoms. The van der Waals surface area contributed by atoms with E-state index in [2.05, 4.69) is 15.5 Å². The number of hydrogen-bond acceptors (Lipinski definition) is 3. The zero-order valence-corrected chi connectivity index (χ0v) is 7.71. The van der Waals surface area contributed by atoms with Crippen LogP contribution in [0.2, 0.25) is 0 Å². The molecule has 1 aromatic heterocycles. The Hall–Kier alpha value is -1.03. The van der Waals surface area contributed by atoms with Crippen molar-refractivity contribution in [1.29, 1.82) is 0 Å². The maximum absolute atomic E-state index is 5.50. The smallest absolute Gasteiger partial charge is 0.145 e. The molecule has 72 valence electrons. The first-order valence-corrected chi connectivity index (χ1v) is 4.88. The average molecular weight is 180 g/mol. The molecule has 0 spiro atoms. The number of anilines is 1. The number of nitrogen functional groups attached to an aromatic ring is 1. The number of aryl methyl sites for hydroxylation is 1. The van der Waals surface area contributed by atoms with Crippen LogP contribution in [0.4, 0.5) is 5.82 Å². The summed E-state index contributed by atoms with van der Waals surface area (Å²) < 4.78 is 0. The predicted octanol–water partition coefficient (Wildman–Crippen LogP) is 0.676. The van der Waals surface area contributed by atoms with Gasteiger partial charge in [0.05, 0.1) is 0 Å². The zero-order chi connectivity index (χ0) is 9.10. The lowest BCUT2D eigenvalue weighted by atomic mass is 10.1. The molecule has 1 fully saturated rings. The second kappa shape index (κ2) is 3.79. The van der Waals surface area contributed by atoms with E-state index in [4.69, 9.17) is 5.73 Å². The van der Waals surface area contributed by atoms with Crippen molar-refractivity contribution in [2.75, 3.05) is 12.3 Å². The molecule has 1 aliphatic heterocycles. The Morgan fingerprint density at radius 3 is 3.15 bits per heavy atom. The van der Waals surface area contributed by atoms with Crippen LogP contribution >= 0.6 is 0 Å². The van der Waals surface area contributed by atoms with Crippen molar-refractivity contribution in [2.24, 2.45) is 0 Å². The number of aromatic nitrogens is 2. The molecule has 0 amide bonds. The molecule has 2 rings (SSSR count). The third kappa shape index (κ3) is 2.21. The molecule has 4 heteroatoms. The fourth-order valence-electron chi connectivity index (χ4n) is 1.84. The van der Waals surface area contributed by atoms with Gasteiger partial charge in [0.25, 0.3) is 0 Å². The monoisotopic (exact) mass is 180 g/mol. The number of hydrogen-bond donors (Lipinski definition) is 3.